The van der Waals surface area contributed by atoms with Crippen LogP contribution in [0.15, 0.2) is 72.8 Å². The quantitative estimate of drug-likeness (QED) is 0.375. The molecule has 156 valence electrons. The summed E-state index contributed by atoms with van der Waals surface area (Å²) in [6.07, 6.45) is 0. The molecule has 31 heavy (non-hydrogen) atoms. The van der Waals surface area contributed by atoms with Gasteiger partial charge in [0, 0.05) is 16.3 Å². The molecule has 4 rings (SSSR count). The van der Waals surface area contributed by atoms with E-state index in [1.807, 2.05) is 68.4 Å². The molecule has 4 aromatic rings. The summed E-state index contributed by atoms with van der Waals surface area (Å²) < 4.78 is 0. The molecule has 0 spiro atoms. The molecular weight excluding hydrogens is 378 g/mol. The second kappa shape index (κ2) is 7.76. The van der Waals surface area contributed by atoms with Gasteiger partial charge in [-0.2, -0.15) is 0 Å². The number of aromatic amines is 1. The maximum Gasteiger partial charge on any atom is 0.156 e. The van der Waals surface area contributed by atoms with Crippen LogP contribution >= 0.6 is 0 Å². The molecule has 0 radical (unpaired) electrons. The minimum atomic E-state index is -1.36. The first-order chi connectivity index (χ1) is 14.7. The van der Waals surface area contributed by atoms with Gasteiger partial charge >= 0.3 is 0 Å². The van der Waals surface area contributed by atoms with E-state index in [-0.39, 0.29) is 5.41 Å². The number of para-hydroxylation sites is 1. The van der Waals surface area contributed by atoms with E-state index in [1.54, 1.807) is 0 Å². The summed E-state index contributed by atoms with van der Waals surface area (Å²) in [5, 5.41) is 13.5. The maximum absolute atomic E-state index is 12.5. The Bertz CT molecular complexity index is 1260. The van der Waals surface area contributed by atoms with Crippen LogP contribution in [0.4, 0.5) is 0 Å². The Morgan fingerprint density at radius 2 is 1.35 bits per heavy atom. The van der Waals surface area contributed by atoms with E-state index < -0.39 is 5.60 Å². The predicted octanol–water partition coefficient (Wildman–Crippen LogP) is 6.47. The largest absolute Gasteiger partial charge is 0.374 e. The summed E-state index contributed by atoms with van der Waals surface area (Å²) >= 11 is 0. The van der Waals surface area contributed by atoms with E-state index >= 15 is 0 Å². The second-order valence-corrected chi connectivity index (χ2v) is 9.37. The Hall–Kier alpha value is -3.28. The predicted molar refractivity (Wildman–Crippen MR) is 129 cm³/mol. The molecule has 0 saturated carbocycles. The summed E-state index contributed by atoms with van der Waals surface area (Å²) in [6.45, 7) is 10.4. The molecular formula is C29H29NO. The van der Waals surface area contributed by atoms with Crippen molar-refractivity contribution in [3.05, 3.63) is 106 Å². The fourth-order valence-electron chi connectivity index (χ4n) is 3.99. The Morgan fingerprint density at radius 3 is 1.90 bits per heavy atom. The highest BCUT2D eigenvalue weighted by Crippen LogP contribution is 2.40. The number of benzene rings is 3. The van der Waals surface area contributed by atoms with Gasteiger partial charge in [-0.25, -0.2) is 0 Å². The molecule has 3 aromatic carbocycles. The third-order valence-corrected chi connectivity index (χ3v) is 5.50. The lowest BCUT2D eigenvalue weighted by Crippen LogP contribution is -2.30. The van der Waals surface area contributed by atoms with Crippen LogP contribution in [0.2, 0.25) is 0 Å². The third-order valence-electron chi connectivity index (χ3n) is 5.50. The fraction of sp³-hybridized carbons (Fsp3) is 0.241. The van der Waals surface area contributed by atoms with Gasteiger partial charge < -0.3 is 10.1 Å². The van der Waals surface area contributed by atoms with Gasteiger partial charge in [-0.3, -0.25) is 0 Å². The van der Waals surface area contributed by atoms with Gasteiger partial charge in [-0.05, 0) is 51.8 Å². The minimum absolute atomic E-state index is 0.152. The minimum Gasteiger partial charge on any atom is -0.374 e. The van der Waals surface area contributed by atoms with E-state index in [0.29, 0.717) is 5.69 Å². The van der Waals surface area contributed by atoms with Gasteiger partial charge in [0.15, 0.2) is 5.60 Å². The number of rotatable bonds is 3. The van der Waals surface area contributed by atoms with E-state index in [4.69, 9.17) is 0 Å². The molecule has 0 bridgehead atoms. The van der Waals surface area contributed by atoms with Crippen molar-refractivity contribution < 1.29 is 5.11 Å². The summed E-state index contributed by atoms with van der Waals surface area (Å²) in [5.41, 5.74) is 4.85. The molecule has 0 atom stereocenters. The molecule has 0 fully saturated rings. The van der Waals surface area contributed by atoms with Gasteiger partial charge in [-0.1, -0.05) is 89.7 Å². The number of aryl methyl sites for hydroxylation is 2. The second-order valence-electron chi connectivity index (χ2n) is 9.37. The Labute approximate surface area is 185 Å². The van der Waals surface area contributed by atoms with Gasteiger partial charge in [0.05, 0.1) is 11.3 Å². The monoisotopic (exact) mass is 407 g/mol. The van der Waals surface area contributed by atoms with Crippen molar-refractivity contribution >= 4 is 10.9 Å². The molecule has 2 nitrogen and oxygen atoms in total. The summed E-state index contributed by atoms with van der Waals surface area (Å²) in [4.78, 5) is 3.52. The number of fused-ring (bicyclic) bond motifs is 1. The average molecular weight is 408 g/mol. The topological polar surface area (TPSA) is 36.0 Å². The lowest BCUT2D eigenvalue weighted by Gasteiger charge is -2.30. The van der Waals surface area contributed by atoms with Crippen LogP contribution in [0.5, 0.6) is 0 Å². The molecule has 0 aliphatic carbocycles. The van der Waals surface area contributed by atoms with Crippen LogP contribution in [0, 0.1) is 31.1 Å². The van der Waals surface area contributed by atoms with Crippen molar-refractivity contribution in [2.24, 2.45) is 5.41 Å². The normalized spacial score (nSPS) is 11.9. The fourth-order valence-corrected chi connectivity index (χ4v) is 3.99. The molecule has 0 saturated heterocycles. The van der Waals surface area contributed by atoms with Crippen LogP contribution in [0.3, 0.4) is 0 Å². The van der Waals surface area contributed by atoms with Crippen molar-refractivity contribution in [1.29, 1.82) is 0 Å². The van der Waals surface area contributed by atoms with Crippen LogP contribution in [-0.4, -0.2) is 10.1 Å². The Morgan fingerprint density at radius 1 is 0.774 bits per heavy atom. The van der Waals surface area contributed by atoms with Gasteiger partial charge in [0.2, 0.25) is 0 Å². The first-order valence-corrected chi connectivity index (χ1v) is 10.7. The number of H-pyrrole nitrogens is 1. The summed E-state index contributed by atoms with van der Waals surface area (Å²) in [6, 6.07) is 24.3. The van der Waals surface area contributed by atoms with Crippen LogP contribution in [0.25, 0.3) is 10.9 Å². The molecule has 1 heterocycles. The number of aliphatic hydroxyl groups is 1. The number of hydrogen-bond acceptors (Lipinski definition) is 1. The lowest BCUT2D eigenvalue weighted by atomic mass is 9.80. The smallest absolute Gasteiger partial charge is 0.156 e. The Balaban J connectivity index is 2.10. The zero-order chi connectivity index (χ0) is 22.2. The molecule has 0 aliphatic heterocycles. The molecule has 2 heteroatoms. The standard InChI is InChI=1S/C29H29NO/c1-20-10-8-12-22(18-20)29(31,23-13-9-11-21(2)19-23)27-25(16-17-28(3,4)5)24-14-6-7-15-26(24)30-27/h6-15,18-19,30-31H,1-5H3. The zero-order valence-corrected chi connectivity index (χ0v) is 18.9. The lowest BCUT2D eigenvalue weighted by molar-refractivity contribution is 0.121. The van der Waals surface area contributed by atoms with Crippen molar-refractivity contribution in [3.8, 4) is 11.8 Å². The number of aromatic nitrogens is 1. The van der Waals surface area contributed by atoms with E-state index in [9.17, 15) is 5.11 Å². The summed E-state index contributed by atoms with van der Waals surface area (Å²) in [5.74, 6) is 6.78. The van der Waals surface area contributed by atoms with Gasteiger partial charge in [0.25, 0.3) is 0 Å². The van der Waals surface area contributed by atoms with Crippen LogP contribution < -0.4 is 0 Å². The van der Waals surface area contributed by atoms with Gasteiger partial charge in [0.1, 0.15) is 0 Å². The molecule has 0 amide bonds. The average Bonchev–Trinajstić information content (AvgIpc) is 3.10. The highest BCUT2D eigenvalue weighted by atomic mass is 16.3. The van der Waals surface area contributed by atoms with E-state index in [2.05, 4.69) is 55.8 Å². The molecule has 1 aromatic heterocycles. The van der Waals surface area contributed by atoms with Crippen molar-refractivity contribution in [2.75, 3.05) is 0 Å². The Kier molecular flexibility index (Phi) is 5.25. The highest BCUT2D eigenvalue weighted by Gasteiger charge is 2.38. The molecule has 0 unspecified atom stereocenters. The zero-order valence-electron chi connectivity index (χ0n) is 18.9. The van der Waals surface area contributed by atoms with Crippen molar-refractivity contribution in [3.63, 3.8) is 0 Å². The first-order valence-electron chi connectivity index (χ1n) is 10.7. The van der Waals surface area contributed by atoms with E-state index in [0.717, 1.165) is 38.7 Å². The summed E-state index contributed by atoms with van der Waals surface area (Å²) in [7, 11) is 0. The van der Waals surface area contributed by atoms with Crippen LogP contribution in [-0.2, 0) is 5.60 Å². The van der Waals surface area contributed by atoms with Crippen molar-refractivity contribution in [2.45, 2.75) is 40.2 Å². The van der Waals surface area contributed by atoms with E-state index in [1.165, 1.54) is 0 Å². The number of nitrogens with one attached hydrogen (secondary N) is 1. The van der Waals surface area contributed by atoms with Gasteiger partial charge in [-0.15, -0.1) is 0 Å². The molecule has 2 N–H and O–H groups in total. The SMILES string of the molecule is Cc1cccc(C(O)(c2cccc(C)c2)c2[nH]c3ccccc3c2C#CC(C)(C)C)c1. The van der Waals surface area contributed by atoms with Crippen molar-refractivity contribution in [1.82, 2.24) is 4.98 Å². The number of hydrogen-bond donors (Lipinski definition) is 2. The maximum atomic E-state index is 12.5. The van der Waals surface area contributed by atoms with Crippen LogP contribution in [0.1, 0.15) is 54.3 Å². The highest BCUT2D eigenvalue weighted by molar-refractivity contribution is 5.88. The first kappa shape index (κ1) is 21.0. The molecule has 0 aliphatic rings. The third kappa shape index (κ3) is 4.02.